The molecule has 2 aromatic carbocycles. The highest BCUT2D eigenvalue weighted by Gasteiger charge is 2.22. The molecule has 0 spiro atoms. The predicted molar refractivity (Wildman–Crippen MR) is 112 cm³/mol. The first-order chi connectivity index (χ1) is 14.6. The number of aromatic amines is 1. The lowest BCUT2D eigenvalue weighted by molar-refractivity contribution is -0.125. The number of fused-ring (bicyclic) bond motifs is 2. The SMILES string of the molecule is COc1cc(OC)c2[nH]c(C(=O)OCC(=O)N[C@H]3CCCc4ccccc43)cc2c1. The van der Waals surface area contributed by atoms with Crippen molar-refractivity contribution in [2.45, 2.75) is 25.3 Å². The van der Waals surface area contributed by atoms with Crippen LogP contribution in [0.15, 0.2) is 42.5 Å². The van der Waals surface area contributed by atoms with Crippen LogP contribution in [0.25, 0.3) is 10.9 Å². The van der Waals surface area contributed by atoms with Gasteiger partial charge >= 0.3 is 5.97 Å². The molecule has 1 amide bonds. The monoisotopic (exact) mass is 408 g/mol. The Morgan fingerprint density at radius 1 is 1.13 bits per heavy atom. The van der Waals surface area contributed by atoms with Crippen LogP contribution in [-0.2, 0) is 16.0 Å². The second-order valence-electron chi connectivity index (χ2n) is 7.26. The van der Waals surface area contributed by atoms with Gasteiger partial charge in [-0.1, -0.05) is 24.3 Å². The molecule has 2 N–H and O–H groups in total. The number of carbonyl (C=O) groups excluding carboxylic acids is 2. The third-order valence-corrected chi connectivity index (χ3v) is 5.38. The maximum absolute atomic E-state index is 12.5. The summed E-state index contributed by atoms with van der Waals surface area (Å²) in [4.78, 5) is 27.8. The molecule has 1 heterocycles. The maximum Gasteiger partial charge on any atom is 0.355 e. The average Bonchev–Trinajstić information content (AvgIpc) is 3.21. The topological polar surface area (TPSA) is 89.7 Å². The van der Waals surface area contributed by atoms with Crippen LogP contribution in [0.1, 0.15) is 40.5 Å². The highest BCUT2D eigenvalue weighted by Crippen LogP contribution is 2.31. The van der Waals surface area contributed by atoms with Gasteiger partial charge < -0.3 is 24.5 Å². The van der Waals surface area contributed by atoms with E-state index >= 15 is 0 Å². The zero-order chi connectivity index (χ0) is 21.1. The molecule has 0 aliphatic heterocycles. The number of esters is 1. The number of ether oxygens (including phenoxy) is 3. The van der Waals surface area contributed by atoms with Crippen molar-refractivity contribution in [3.05, 3.63) is 59.3 Å². The van der Waals surface area contributed by atoms with Crippen molar-refractivity contribution in [3.8, 4) is 11.5 Å². The fourth-order valence-corrected chi connectivity index (χ4v) is 3.92. The van der Waals surface area contributed by atoms with Crippen molar-refractivity contribution in [2.75, 3.05) is 20.8 Å². The van der Waals surface area contributed by atoms with Crippen LogP contribution < -0.4 is 14.8 Å². The van der Waals surface area contributed by atoms with Gasteiger partial charge in [0.15, 0.2) is 6.61 Å². The van der Waals surface area contributed by atoms with Gasteiger partial charge in [-0.15, -0.1) is 0 Å². The van der Waals surface area contributed by atoms with E-state index in [4.69, 9.17) is 14.2 Å². The summed E-state index contributed by atoms with van der Waals surface area (Å²) in [7, 11) is 3.10. The van der Waals surface area contributed by atoms with Crippen LogP contribution >= 0.6 is 0 Å². The molecule has 4 rings (SSSR count). The minimum Gasteiger partial charge on any atom is -0.497 e. The Morgan fingerprint density at radius 3 is 2.77 bits per heavy atom. The van der Waals surface area contributed by atoms with Gasteiger partial charge in [-0.3, -0.25) is 4.79 Å². The Hall–Kier alpha value is -3.48. The second kappa shape index (κ2) is 8.49. The zero-order valence-electron chi connectivity index (χ0n) is 17.0. The number of nitrogens with one attached hydrogen (secondary N) is 2. The van der Waals surface area contributed by atoms with Crippen LogP contribution in [0.5, 0.6) is 11.5 Å². The van der Waals surface area contributed by atoms with Crippen LogP contribution in [0.2, 0.25) is 0 Å². The molecule has 0 saturated heterocycles. The predicted octanol–water partition coefficient (Wildman–Crippen LogP) is 3.54. The standard InChI is InChI=1S/C23H24N2O5/c1-28-16-10-15-11-19(25-22(15)20(12-16)29-2)23(27)30-13-21(26)24-18-9-5-7-14-6-3-4-8-17(14)18/h3-4,6,8,10-12,18,25H,5,7,9,13H2,1-2H3,(H,24,26)/t18-/m0/s1. The van der Waals surface area contributed by atoms with Gasteiger partial charge in [0.25, 0.3) is 5.91 Å². The molecule has 7 nitrogen and oxygen atoms in total. The van der Waals surface area contributed by atoms with E-state index in [1.165, 1.54) is 5.56 Å². The molecule has 0 fully saturated rings. The summed E-state index contributed by atoms with van der Waals surface area (Å²) in [6.07, 6.45) is 2.91. The second-order valence-corrected chi connectivity index (χ2v) is 7.26. The number of H-pyrrole nitrogens is 1. The van der Waals surface area contributed by atoms with E-state index in [2.05, 4.69) is 16.4 Å². The number of carbonyl (C=O) groups is 2. The summed E-state index contributed by atoms with van der Waals surface area (Å²) in [5.41, 5.74) is 3.30. The van der Waals surface area contributed by atoms with E-state index in [0.29, 0.717) is 17.0 Å². The summed E-state index contributed by atoms with van der Waals surface area (Å²) >= 11 is 0. The molecule has 3 aromatic rings. The molecule has 0 bridgehead atoms. The number of hydrogen-bond acceptors (Lipinski definition) is 5. The Labute approximate surface area is 174 Å². The van der Waals surface area contributed by atoms with Gasteiger partial charge in [0, 0.05) is 11.5 Å². The molecule has 1 aromatic heterocycles. The van der Waals surface area contributed by atoms with Gasteiger partial charge in [0.1, 0.15) is 17.2 Å². The van der Waals surface area contributed by atoms with Gasteiger partial charge in [0.05, 0.1) is 25.8 Å². The van der Waals surface area contributed by atoms with Crippen molar-refractivity contribution in [3.63, 3.8) is 0 Å². The third-order valence-electron chi connectivity index (χ3n) is 5.38. The molecule has 0 saturated carbocycles. The molecule has 0 radical (unpaired) electrons. The molecule has 30 heavy (non-hydrogen) atoms. The fraction of sp³-hybridized carbons (Fsp3) is 0.304. The van der Waals surface area contributed by atoms with Crippen LogP contribution in [0.4, 0.5) is 0 Å². The van der Waals surface area contributed by atoms with Gasteiger partial charge in [-0.2, -0.15) is 0 Å². The molecule has 1 aliphatic carbocycles. The Bertz CT molecular complexity index is 1090. The average molecular weight is 408 g/mol. The number of hydrogen-bond donors (Lipinski definition) is 2. The van der Waals surface area contributed by atoms with Crippen LogP contribution in [0.3, 0.4) is 0 Å². The smallest absolute Gasteiger partial charge is 0.355 e. The van der Waals surface area contributed by atoms with Crippen molar-refractivity contribution >= 4 is 22.8 Å². The lowest BCUT2D eigenvalue weighted by Crippen LogP contribution is -2.34. The number of rotatable bonds is 6. The summed E-state index contributed by atoms with van der Waals surface area (Å²) in [6.45, 7) is -0.340. The van der Waals surface area contributed by atoms with E-state index in [0.717, 1.165) is 30.2 Å². The number of aryl methyl sites for hydroxylation is 1. The molecule has 156 valence electrons. The van der Waals surface area contributed by atoms with E-state index in [1.54, 1.807) is 32.4 Å². The van der Waals surface area contributed by atoms with Crippen molar-refractivity contribution in [1.29, 1.82) is 0 Å². The summed E-state index contributed by atoms with van der Waals surface area (Å²) < 4.78 is 15.8. The van der Waals surface area contributed by atoms with E-state index in [-0.39, 0.29) is 24.2 Å². The van der Waals surface area contributed by atoms with Crippen LogP contribution in [0, 0.1) is 0 Å². The highest BCUT2D eigenvalue weighted by atomic mass is 16.5. The van der Waals surface area contributed by atoms with Crippen molar-refractivity contribution in [1.82, 2.24) is 10.3 Å². The van der Waals surface area contributed by atoms with Crippen molar-refractivity contribution < 1.29 is 23.8 Å². The molecular weight excluding hydrogens is 384 g/mol. The summed E-state index contributed by atoms with van der Waals surface area (Å²) in [5.74, 6) is 0.245. The fourth-order valence-electron chi connectivity index (χ4n) is 3.92. The highest BCUT2D eigenvalue weighted by molar-refractivity contribution is 5.98. The molecule has 1 atom stereocenters. The number of methoxy groups -OCH3 is 2. The molecule has 7 heteroatoms. The quantitative estimate of drug-likeness (QED) is 0.609. The van der Waals surface area contributed by atoms with Gasteiger partial charge in [0.2, 0.25) is 0 Å². The van der Waals surface area contributed by atoms with Gasteiger partial charge in [-0.25, -0.2) is 4.79 Å². The van der Waals surface area contributed by atoms with Crippen LogP contribution in [-0.4, -0.2) is 37.7 Å². The van der Waals surface area contributed by atoms with E-state index in [9.17, 15) is 9.59 Å². The summed E-state index contributed by atoms with van der Waals surface area (Å²) in [5, 5.41) is 3.73. The Kier molecular flexibility index (Phi) is 5.61. The number of benzene rings is 2. The molecule has 0 unspecified atom stereocenters. The molecule has 1 aliphatic rings. The van der Waals surface area contributed by atoms with E-state index in [1.807, 2.05) is 18.2 Å². The van der Waals surface area contributed by atoms with Gasteiger partial charge in [-0.05, 0) is 42.5 Å². The first-order valence-corrected chi connectivity index (χ1v) is 9.88. The lowest BCUT2D eigenvalue weighted by atomic mass is 9.88. The number of aromatic nitrogens is 1. The largest absolute Gasteiger partial charge is 0.497 e. The minimum atomic E-state index is -0.605. The first-order valence-electron chi connectivity index (χ1n) is 9.88. The Balaban J connectivity index is 1.41. The maximum atomic E-state index is 12.5. The first kappa shape index (κ1) is 19.8. The summed E-state index contributed by atoms with van der Waals surface area (Å²) in [6, 6.07) is 13.2. The third kappa shape index (κ3) is 3.96. The Morgan fingerprint density at radius 2 is 1.97 bits per heavy atom. The van der Waals surface area contributed by atoms with Crippen molar-refractivity contribution in [2.24, 2.45) is 0 Å². The minimum absolute atomic E-state index is 0.0500. The molecular formula is C23H24N2O5. The number of amides is 1. The lowest BCUT2D eigenvalue weighted by Gasteiger charge is -2.26. The zero-order valence-corrected chi connectivity index (χ0v) is 17.0. The normalized spacial score (nSPS) is 15.3. The van der Waals surface area contributed by atoms with E-state index < -0.39 is 5.97 Å².